The number of ether oxygens (including phenoxy) is 2. The molecule has 0 radical (unpaired) electrons. The van der Waals surface area contributed by atoms with Crippen molar-refractivity contribution < 1.29 is 14.3 Å². The van der Waals surface area contributed by atoms with Gasteiger partial charge in [0.25, 0.3) is 0 Å². The van der Waals surface area contributed by atoms with Gasteiger partial charge in [-0.1, -0.05) is 13.0 Å². The minimum atomic E-state index is -0.656. The van der Waals surface area contributed by atoms with E-state index in [1.54, 1.807) is 0 Å². The molecule has 3 fully saturated rings. The molecule has 3 nitrogen and oxygen atoms in total. The molecule has 0 aromatic heterocycles. The lowest BCUT2D eigenvalue weighted by Gasteiger charge is -2.51. The van der Waals surface area contributed by atoms with Crippen LogP contribution >= 0.6 is 0 Å². The van der Waals surface area contributed by atoms with E-state index in [0.29, 0.717) is 43.7 Å². The average molecular weight is 250 g/mol. The van der Waals surface area contributed by atoms with Crippen LogP contribution in [0.15, 0.2) is 12.7 Å². The van der Waals surface area contributed by atoms with E-state index in [2.05, 4.69) is 13.5 Å². The molecule has 3 atom stereocenters. The van der Waals surface area contributed by atoms with Gasteiger partial charge < -0.3 is 9.47 Å². The van der Waals surface area contributed by atoms with Crippen molar-refractivity contribution in [3.63, 3.8) is 0 Å². The quantitative estimate of drug-likeness (QED) is 0.707. The summed E-state index contributed by atoms with van der Waals surface area (Å²) in [6.07, 6.45) is 6.21. The maximum absolute atomic E-state index is 12.6. The minimum absolute atomic E-state index is 0.334. The van der Waals surface area contributed by atoms with Crippen LogP contribution in [0.2, 0.25) is 0 Å². The van der Waals surface area contributed by atoms with Crippen molar-refractivity contribution >= 4 is 5.78 Å². The first kappa shape index (κ1) is 12.4. The van der Waals surface area contributed by atoms with Gasteiger partial charge in [0.05, 0.1) is 18.6 Å². The van der Waals surface area contributed by atoms with Crippen LogP contribution in [-0.2, 0) is 14.3 Å². The number of ketones is 1. The minimum Gasteiger partial charge on any atom is -0.346 e. The third-order valence-corrected chi connectivity index (χ3v) is 5.12. The largest absolute Gasteiger partial charge is 0.346 e. The van der Waals surface area contributed by atoms with E-state index in [-0.39, 0.29) is 0 Å². The number of Topliss-reactive ketones (excluding diaryl/α,β-unsaturated/α-hetero) is 1. The second kappa shape index (κ2) is 4.17. The Labute approximate surface area is 109 Å². The molecule has 0 aromatic carbocycles. The molecule has 0 aromatic rings. The van der Waals surface area contributed by atoms with Crippen molar-refractivity contribution in [3.8, 4) is 0 Å². The van der Waals surface area contributed by atoms with Gasteiger partial charge in [0.15, 0.2) is 5.79 Å². The SMILES string of the molecule is C=CC[C@@]12C(=O)CC[C@@H]1C[C@@H](C)CC21OCCO1. The lowest BCUT2D eigenvalue weighted by molar-refractivity contribution is -0.265. The van der Waals surface area contributed by atoms with E-state index in [0.717, 1.165) is 19.3 Å². The molecule has 0 amide bonds. The molecule has 3 aliphatic rings. The Morgan fingerprint density at radius 3 is 2.83 bits per heavy atom. The molecule has 2 aliphatic carbocycles. The molecule has 0 N–H and O–H groups in total. The molecule has 1 heterocycles. The van der Waals surface area contributed by atoms with Crippen LogP contribution in [0.4, 0.5) is 0 Å². The van der Waals surface area contributed by atoms with Gasteiger partial charge in [0.2, 0.25) is 0 Å². The molecule has 0 bridgehead atoms. The van der Waals surface area contributed by atoms with Crippen LogP contribution in [0, 0.1) is 17.3 Å². The molecule has 2 saturated carbocycles. The van der Waals surface area contributed by atoms with E-state index >= 15 is 0 Å². The maximum atomic E-state index is 12.6. The van der Waals surface area contributed by atoms with Crippen molar-refractivity contribution in [2.45, 2.75) is 44.8 Å². The van der Waals surface area contributed by atoms with E-state index in [9.17, 15) is 4.79 Å². The van der Waals surface area contributed by atoms with E-state index in [4.69, 9.17) is 9.47 Å². The molecule has 18 heavy (non-hydrogen) atoms. The van der Waals surface area contributed by atoms with Crippen LogP contribution in [0.3, 0.4) is 0 Å². The first-order valence-corrected chi connectivity index (χ1v) is 7.07. The Morgan fingerprint density at radius 1 is 1.44 bits per heavy atom. The number of rotatable bonds is 2. The monoisotopic (exact) mass is 250 g/mol. The normalized spacial score (nSPS) is 42.2. The smallest absolute Gasteiger partial charge is 0.181 e. The van der Waals surface area contributed by atoms with E-state index in [1.807, 2.05) is 6.08 Å². The molecule has 100 valence electrons. The maximum Gasteiger partial charge on any atom is 0.181 e. The van der Waals surface area contributed by atoms with Gasteiger partial charge in [0.1, 0.15) is 5.78 Å². The van der Waals surface area contributed by atoms with Gasteiger partial charge in [0, 0.05) is 12.8 Å². The highest BCUT2D eigenvalue weighted by molar-refractivity contribution is 5.89. The standard InChI is InChI=1S/C15H22O3/c1-3-6-14-12(4-5-13(14)16)9-11(2)10-15(14)17-7-8-18-15/h3,11-12H,1,4-10H2,2H3/t11-,12-,14+/m1/s1. The first-order valence-electron chi connectivity index (χ1n) is 7.07. The van der Waals surface area contributed by atoms with Gasteiger partial charge >= 0.3 is 0 Å². The van der Waals surface area contributed by atoms with Crippen molar-refractivity contribution in [2.24, 2.45) is 17.3 Å². The van der Waals surface area contributed by atoms with Crippen LogP contribution < -0.4 is 0 Å². The van der Waals surface area contributed by atoms with Gasteiger partial charge in [-0.05, 0) is 31.1 Å². The summed E-state index contributed by atoms with van der Waals surface area (Å²) in [5.41, 5.74) is -0.447. The van der Waals surface area contributed by atoms with Crippen LogP contribution in [0.1, 0.15) is 39.0 Å². The molecule has 1 aliphatic heterocycles. The van der Waals surface area contributed by atoms with Crippen molar-refractivity contribution in [2.75, 3.05) is 13.2 Å². The van der Waals surface area contributed by atoms with E-state index in [1.165, 1.54) is 0 Å². The summed E-state index contributed by atoms with van der Waals surface area (Å²) in [5.74, 6) is 0.653. The zero-order valence-corrected chi connectivity index (χ0v) is 11.1. The third-order valence-electron chi connectivity index (χ3n) is 5.12. The summed E-state index contributed by atoms with van der Waals surface area (Å²) in [7, 11) is 0. The molecular weight excluding hydrogens is 228 g/mol. The Hall–Kier alpha value is -0.670. The Balaban J connectivity index is 2.07. The van der Waals surface area contributed by atoms with Crippen LogP contribution in [0.5, 0.6) is 0 Å². The van der Waals surface area contributed by atoms with Gasteiger partial charge in [-0.2, -0.15) is 0 Å². The number of carbonyl (C=O) groups is 1. The average Bonchev–Trinajstić information content (AvgIpc) is 2.90. The number of carbonyl (C=O) groups excluding carboxylic acids is 1. The highest BCUT2D eigenvalue weighted by Crippen LogP contribution is 2.61. The lowest BCUT2D eigenvalue weighted by atomic mass is 9.59. The molecule has 1 saturated heterocycles. The topological polar surface area (TPSA) is 35.5 Å². The molecule has 3 heteroatoms. The molecule has 3 rings (SSSR count). The fourth-order valence-electron chi connectivity index (χ4n) is 4.55. The Morgan fingerprint density at radius 2 is 2.17 bits per heavy atom. The third kappa shape index (κ3) is 1.41. The van der Waals surface area contributed by atoms with E-state index < -0.39 is 11.2 Å². The fraction of sp³-hybridized carbons (Fsp3) is 0.800. The number of allylic oxidation sites excluding steroid dienone is 1. The number of hydrogen-bond donors (Lipinski definition) is 0. The second-order valence-corrected chi connectivity index (χ2v) is 6.12. The zero-order chi connectivity index (χ0) is 12.8. The molecule has 0 unspecified atom stereocenters. The lowest BCUT2D eigenvalue weighted by Crippen LogP contribution is -2.58. The number of fused-ring (bicyclic) bond motifs is 2. The molecule has 1 spiro atoms. The summed E-state index contributed by atoms with van der Waals surface area (Å²) in [6, 6.07) is 0. The second-order valence-electron chi connectivity index (χ2n) is 6.12. The summed E-state index contributed by atoms with van der Waals surface area (Å²) in [6.45, 7) is 7.33. The summed E-state index contributed by atoms with van der Waals surface area (Å²) >= 11 is 0. The highest BCUT2D eigenvalue weighted by atomic mass is 16.7. The van der Waals surface area contributed by atoms with Crippen LogP contribution in [-0.4, -0.2) is 24.8 Å². The highest BCUT2D eigenvalue weighted by Gasteiger charge is 2.67. The number of hydrogen-bond acceptors (Lipinski definition) is 3. The van der Waals surface area contributed by atoms with Gasteiger partial charge in [-0.3, -0.25) is 4.79 Å². The van der Waals surface area contributed by atoms with Gasteiger partial charge in [-0.25, -0.2) is 0 Å². The summed E-state index contributed by atoms with van der Waals surface area (Å²) in [4.78, 5) is 12.6. The summed E-state index contributed by atoms with van der Waals surface area (Å²) in [5, 5.41) is 0. The fourth-order valence-corrected chi connectivity index (χ4v) is 4.55. The zero-order valence-electron chi connectivity index (χ0n) is 11.1. The Bertz CT molecular complexity index is 370. The van der Waals surface area contributed by atoms with Crippen LogP contribution in [0.25, 0.3) is 0 Å². The predicted octanol–water partition coefficient (Wildman–Crippen LogP) is 2.70. The molecular formula is C15H22O3. The van der Waals surface area contributed by atoms with Crippen molar-refractivity contribution in [3.05, 3.63) is 12.7 Å². The predicted molar refractivity (Wildman–Crippen MR) is 68.0 cm³/mol. The van der Waals surface area contributed by atoms with Gasteiger partial charge in [-0.15, -0.1) is 6.58 Å². The van der Waals surface area contributed by atoms with Crippen molar-refractivity contribution in [1.82, 2.24) is 0 Å². The first-order chi connectivity index (χ1) is 8.64. The van der Waals surface area contributed by atoms with Crippen molar-refractivity contribution in [1.29, 1.82) is 0 Å². The Kier molecular flexibility index (Phi) is 2.87. The summed E-state index contributed by atoms with van der Waals surface area (Å²) < 4.78 is 12.0.